The van der Waals surface area contributed by atoms with Crippen molar-refractivity contribution < 1.29 is 22.3 Å². The monoisotopic (exact) mass is 462 g/mol. The molecular formula is C29H22F4O. The molecule has 0 saturated carbocycles. The predicted octanol–water partition coefficient (Wildman–Crippen LogP) is 8.03. The molecule has 0 radical (unpaired) electrons. The molecule has 172 valence electrons. The summed E-state index contributed by atoms with van der Waals surface area (Å²) in [4.78, 5) is 0. The van der Waals surface area contributed by atoms with E-state index < -0.39 is 23.0 Å². The van der Waals surface area contributed by atoms with Gasteiger partial charge >= 0.3 is 0 Å². The average molecular weight is 462 g/mol. The number of fused-ring (bicyclic) bond motifs is 1. The lowest BCUT2D eigenvalue weighted by Crippen LogP contribution is -1.98. The van der Waals surface area contributed by atoms with Crippen molar-refractivity contribution in [2.45, 2.75) is 26.2 Å². The minimum absolute atomic E-state index is 0.0694. The van der Waals surface area contributed by atoms with Crippen molar-refractivity contribution in [3.05, 3.63) is 101 Å². The van der Waals surface area contributed by atoms with Gasteiger partial charge in [-0.2, -0.15) is 0 Å². The summed E-state index contributed by atoms with van der Waals surface area (Å²) in [6.07, 6.45) is 2.95. The van der Waals surface area contributed by atoms with Crippen LogP contribution in [0.5, 0.6) is 5.75 Å². The Morgan fingerprint density at radius 1 is 0.706 bits per heavy atom. The van der Waals surface area contributed by atoms with Gasteiger partial charge in [0.1, 0.15) is 29.0 Å². The normalized spacial score (nSPS) is 10.7. The Morgan fingerprint density at radius 3 is 2.18 bits per heavy atom. The molecule has 0 N–H and O–H groups in total. The molecule has 34 heavy (non-hydrogen) atoms. The maximum Gasteiger partial charge on any atom is 0.142 e. The number of unbranched alkanes of at least 4 members (excludes halogenated alkanes) is 2. The average Bonchev–Trinajstić information content (AvgIpc) is 2.81. The Bertz CT molecular complexity index is 1380. The number of hydrogen-bond donors (Lipinski definition) is 0. The second kappa shape index (κ2) is 10.4. The van der Waals surface area contributed by atoms with Crippen LogP contribution >= 0.6 is 0 Å². The standard InChI is InChI=1S/C29H22F4O/c1-2-3-4-13-34-24-10-12-25(29(33)18-24)22-16-27(31)26(28(32)17-22)11-6-19-5-7-21-15-23(30)9-8-20(21)14-19/h5,7-10,12,14-18H,2-4,13H2,1H3. The quantitative estimate of drug-likeness (QED) is 0.160. The van der Waals surface area contributed by atoms with Gasteiger partial charge in [-0.05, 0) is 71.3 Å². The minimum Gasteiger partial charge on any atom is -0.493 e. The van der Waals surface area contributed by atoms with Gasteiger partial charge in [0.15, 0.2) is 0 Å². The lowest BCUT2D eigenvalue weighted by atomic mass is 10.0. The highest BCUT2D eigenvalue weighted by molar-refractivity contribution is 5.84. The maximum atomic E-state index is 14.7. The van der Waals surface area contributed by atoms with E-state index in [0.717, 1.165) is 36.8 Å². The van der Waals surface area contributed by atoms with E-state index in [4.69, 9.17) is 4.74 Å². The number of rotatable bonds is 6. The summed E-state index contributed by atoms with van der Waals surface area (Å²) in [6, 6.07) is 15.8. The van der Waals surface area contributed by atoms with Gasteiger partial charge < -0.3 is 4.74 Å². The lowest BCUT2D eigenvalue weighted by Gasteiger charge is -2.09. The fraction of sp³-hybridized carbons (Fsp3) is 0.172. The second-order valence-electron chi connectivity index (χ2n) is 7.97. The molecule has 0 aliphatic heterocycles. The Labute approximate surface area is 196 Å². The highest BCUT2D eigenvalue weighted by atomic mass is 19.1. The van der Waals surface area contributed by atoms with Crippen LogP contribution in [0, 0.1) is 35.1 Å². The van der Waals surface area contributed by atoms with Crippen LogP contribution < -0.4 is 4.74 Å². The van der Waals surface area contributed by atoms with Crippen LogP contribution in [-0.2, 0) is 0 Å². The molecule has 0 saturated heterocycles. The van der Waals surface area contributed by atoms with Crippen LogP contribution in [0.15, 0.2) is 66.7 Å². The molecule has 0 spiro atoms. The van der Waals surface area contributed by atoms with E-state index >= 15 is 0 Å². The SMILES string of the molecule is CCCCCOc1ccc(-c2cc(F)c(C#Cc3ccc4cc(F)ccc4c3)c(F)c2)c(F)c1. The van der Waals surface area contributed by atoms with Crippen LogP contribution in [0.4, 0.5) is 17.6 Å². The summed E-state index contributed by atoms with van der Waals surface area (Å²) in [7, 11) is 0. The van der Waals surface area contributed by atoms with E-state index in [2.05, 4.69) is 18.8 Å². The molecule has 0 fully saturated rings. The molecule has 0 heterocycles. The molecule has 0 bridgehead atoms. The fourth-order valence-electron chi connectivity index (χ4n) is 3.64. The molecule has 4 aromatic rings. The zero-order chi connectivity index (χ0) is 24.1. The van der Waals surface area contributed by atoms with Crippen molar-refractivity contribution in [1.82, 2.24) is 0 Å². The maximum absolute atomic E-state index is 14.7. The fourth-order valence-corrected chi connectivity index (χ4v) is 3.64. The first-order valence-electron chi connectivity index (χ1n) is 11.1. The van der Waals surface area contributed by atoms with Gasteiger partial charge in [0.25, 0.3) is 0 Å². The molecule has 0 unspecified atom stereocenters. The highest BCUT2D eigenvalue weighted by Gasteiger charge is 2.14. The summed E-state index contributed by atoms with van der Waals surface area (Å²) in [5, 5.41) is 1.46. The molecule has 0 amide bonds. The molecular weight excluding hydrogens is 440 g/mol. The summed E-state index contributed by atoms with van der Waals surface area (Å²) in [5.41, 5.74) is 0.269. The summed E-state index contributed by atoms with van der Waals surface area (Å²) >= 11 is 0. The molecule has 1 nitrogen and oxygen atoms in total. The van der Waals surface area contributed by atoms with Gasteiger partial charge in [0.2, 0.25) is 0 Å². The Morgan fingerprint density at radius 2 is 1.44 bits per heavy atom. The molecule has 0 atom stereocenters. The third-order valence-corrected chi connectivity index (χ3v) is 5.44. The van der Waals surface area contributed by atoms with Gasteiger partial charge in [-0.1, -0.05) is 43.7 Å². The molecule has 0 aromatic heterocycles. The third kappa shape index (κ3) is 5.40. The molecule has 0 aliphatic rings. The van der Waals surface area contributed by atoms with Crippen LogP contribution in [0.3, 0.4) is 0 Å². The Hall–Kier alpha value is -3.78. The van der Waals surface area contributed by atoms with Gasteiger partial charge in [0, 0.05) is 17.2 Å². The third-order valence-electron chi connectivity index (χ3n) is 5.44. The summed E-state index contributed by atoms with van der Waals surface area (Å²) < 4.78 is 62.9. The van der Waals surface area contributed by atoms with Crippen molar-refractivity contribution in [1.29, 1.82) is 0 Å². The summed E-state index contributed by atoms with van der Waals surface area (Å²) in [6.45, 7) is 2.56. The van der Waals surface area contributed by atoms with Gasteiger partial charge in [-0.15, -0.1) is 0 Å². The largest absolute Gasteiger partial charge is 0.493 e. The first kappa shape index (κ1) is 23.4. The van der Waals surface area contributed by atoms with Crippen molar-refractivity contribution in [3.63, 3.8) is 0 Å². The number of ether oxygens (including phenoxy) is 1. The van der Waals surface area contributed by atoms with Crippen molar-refractivity contribution in [2.24, 2.45) is 0 Å². The van der Waals surface area contributed by atoms with E-state index in [-0.39, 0.29) is 16.9 Å². The smallest absolute Gasteiger partial charge is 0.142 e. The van der Waals surface area contributed by atoms with Crippen LogP contribution in [0.1, 0.15) is 37.3 Å². The second-order valence-corrected chi connectivity index (χ2v) is 7.97. The highest BCUT2D eigenvalue weighted by Crippen LogP contribution is 2.29. The minimum atomic E-state index is -0.885. The van der Waals surface area contributed by atoms with Crippen molar-refractivity contribution in [2.75, 3.05) is 6.61 Å². The molecule has 4 rings (SSSR count). The molecule has 4 aromatic carbocycles. The van der Waals surface area contributed by atoms with Gasteiger partial charge in [-0.3, -0.25) is 0 Å². The van der Waals surface area contributed by atoms with Gasteiger partial charge in [-0.25, -0.2) is 17.6 Å². The molecule has 5 heteroatoms. The van der Waals surface area contributed by atoms with Crippen LogP contribution in [0.2, 0.25) is 0 Å². The topological polar surface area (TPSA) is 9.23 Å². The van der Waals surface area contributed by atoms with Gasteiger partial charge in [0.05, 0.1) is 12.2 Å². The Kier molecular flexibility index (Phi) is 7.18. The Balaban J connectivity index is 1.57. The van der Waals surface area contributed by atoms with Crippen molar-refractivity contribution in [3.8, 4) is 28.7 Å². The zero-order valence-corrected chi connectivity index (χ0v) is 18.6. The zero-order valence-electron chi connectivity index (χ0n) is 18.6. The first-order valence-corrected chi connectivity index (χ1v) is 11.1. The molecule has 0 aliphatic carbocycles. The first-order chi connectivity index (χ1) is 16.4. The van der Waals surface area contributed by atoms with E-state index in [1.54, 1.807) is 30.3 Å². The van der Waals surface area contributed by atoms with E-state index in [1.807, 2.05) is 0 Å². The predicted molar refractivity (Wildman–Crippen MR) is 127 cm³/mol. The number of halogens is 4. The van der Waals surface area contributed by atoms with E-state index in [1.165, 1.54) is 24.3 Å². The van der Waals surface area contributed by atoms with Crippen molar-refractivity contribution >= 4 is 10.8 Å². The number of benzene rings is 4. The van der Waals surface area contributed by atoms with E-state index in [9.17, 15) is 17.6 Å². The van der Waals surface area contributed by atoms with Crippen LogP contribution in [-0.4, -0.2) is 6.61 Å². The van der Waals surface area contributed by atoms with Crippen LogP contribution in [0.25, 0.3) is 21.9 Å². The number of hydrogen-bond acceptors (Lipinski definition) is 1. The summed E-state index contributed by atoms with van der Waals surface area (Å²) in [5.74, 6) is 2.90. The lowest BCUT2D eigenvalue weighted by molar-refractivity contribution is 0.305. The van der Waals surface area contributed by atoms with E-state index in [0.29, 0.717) is 23.3 Å².